The van der Waals surface area contributed by atoms with Gasteiger partial charge in [0.25, 0.3) is 5.56 Å². The van der Waals surface area contributed by atoms with Crippen molar-refractivity contribution in [2.75, 3.05) is 6.54 Å². The van der Waals surface area contributed by atoms with Gasteiger partial charge in [-0.2, -0.15) is 0 Å². The Bertz CT molecular complexity index is 901. The van der Waals surface area contributed by atoms with Crippen molar-refractivity contribution in [2.24, 2.45) is 11.8 Å². The number of hydrogen-bond donors (Lipinski definition) is 1. The molecule has 148 valence electrons. The number of carbonyl (C=O) groups is 1. The number of amides is 1. The molecule has 5 nitrogen and oxygen atoms in total. The van der Waals surface area contributed by atoms with Gasteiger partial charge in [-0.3, -0.25) is 14.2 Å². The van der Waals surface area contributed by atoms with Crippen molar-refractivity contribution in [1.29, 1.82) is 0 Å². The first-order chi connectivity index (χ1) is 12.8. The predicted molar refractivity (Wildman–Crippen MR) is 114 cm³/mol. The molecular formula is C20H29N3O2S2. The molecule has 0 saturated heterocycles. The number of carbonyl (C=O) groups excluding carboxylic acids is 1. The second-order valence-corrected chi connectivity index (χ2v) is 10.3. The standard InChI is InChI=1S/C20H29N3O2S2/c1-6-23-19(25)16-14-8-7-12(4)9-15(14)27-18(16)22-20(23)26-13(5)17(24)21-10-11(2)3/h11-13H,6-10H2,1-5H3,(H,21,24). The van der Waals surface area contributed by atoms with Gasteiger partial charge in [-0.15, -0.1) is 11.3 Å². The number of nitrogens with one attached hydrogen (secondary N) is 1. The molecule has 0 spiro atoms. The first kappa shape index (κ1) is 20.4. The highest BCUT2D eigenvalue weighted by Gasteiger charge is 2.25. The third kappa shape index (κ3) is 4.24. The third-order valence-corrected chi connectivity index (χ3v) is 7.27. The smallest absolute Gasteiger partial charge is 0.263 e. The molecule has 27 heavy (non-hydrogen) atoms. The summed E-state index contributed by atoms with van der Waals surface area (Å²) < 4.78 is 1.73. The molecular weight excluding hydrogens is 378 g/mol. The average molecular weight is 408 g/mol. The lowest BCUT2D eigenvalue weighted by Crippen LogP contribution is -2.34. The molecule has 2 unspecified atom stereocenters. The van der Waals surface area contributed by atoms with Crippen LogP contribution in [0.5, 0.6) is 0 Å². The lowest BCUT2D eigenvalue weighted by molar-refractivity contribution is -0.120. The van der Waals surface area contributed by atoms with Gasteiger partial charge in [0.15, 0.2) is 5.16 Å². The molecule has 2 aromatic rings. The van der Waals surface area contributed by atoms with Crippen LogP contribution >= 0.6 is 23.1 Å². The second-order valence-electron chi connectivity index (χ2n) is 7.87. The van der Waals surface area contributed by atoms with E-state index in [9.17, 15) is 9.59 Å². The summed E-state index contributed by atoms with van der Waals surface area (Å²) in [5.74, 6) is 1.07. The summed E-state index contributed by atoms with van der Waals surface area (Å²) in [5, 5.41) is 4.13. The van der Waals surface area contributed by atoms with E-state index in [1.165, 1.54) is 22.2 Å². The number of rotatable bonds is 6. The Labute approximate surface area is 169 Å². The van der Waals surface area contributed by atoms with Crippen molar-refractivity contribution in [3.8, 4) is 0 Å². The number of nitrogens with zero attached hydrogens (tertiary/aromatic N) is 2. The number of thiophene rings is 1. The SMILES string of the molecule is CCn1c(SC(C)C(=O)NCC(C)C)nc2sc3c(c2c1=O)CCC(C)C3. The topological polar surface area (TPSA) is 64.0 Å². The monoisotopic (exact) mass is 407 g/mol. The zero-order valence-corrected chi connectivity index (χ0v) is 18.4. The molecule has 0 radical (unpaired) electrons. The molecule has 1 N–H and O–H groups in total. The third-order valence-electron chi connectivity index (χ3n) is 5.03. The quantitative estimate of drug-likeness (QED) is 0.583. The zero-order valence-electron chi connectivity index (χ0n) is 16.8. The van der Waals surface area contributed by atoms with Crippen LogP contribution in [0.15, 0.2) is 9.95 Å². The molecule has 0 saturated carbocycles. The second kappa shape index (κ2) is 8.35. The molecule has 1 aliphatic rings. The number of aromatic nitrogens is 2. The number of aryl methyl sites for hydroxylation is 1. The largest absolute Gasteiger partial charge is 0.355 e. The Balaban J connectivity index is 1.94. The van der Waals surface area contributed by atoms with E-state index in [2.05, 4.69) is 26.1 Å². The van der Waals surface area contributed by atoms with Crippen LogP contribution in [0.25, 0.3) is 10.2 Å². The summed E-state index contributed by atoms with van der Waals surface area (Å²) in [6.45, 7) is 11.5. The minimum Gasteiger partial charge on any atom is -0.355 e. The summed E-state index contributed by atoms with van der Waals surface area (Å²) in [7, 11) is 0. The fourth-order valence-electron chi connectivity index (χ4n) is 3.43. The molecule has 1 amide bonds. The Morgan fingerprint density at radius 1 is 1.41 bits per heavy atom. The Morgan fingerprint density at radius 2 is 2.15 bits per heavy atom. The lowest BCUT2D eigenvalue weighted by Gasteiger charge is -2.18. The molecule has 0 fully saturated rings. The van der Waals surface area contributed by atoms with E-state index in [1.807, 2.05) is 13.8 Å². The van der Waals surface area contributed by atoms with Crippen molar-refractivity contribution in [1.82, 2.24) is 14.9 Å². The van der Waals surface area contributed by atoms with Gasteiger partial charge in [-0.25, -0.2) is 4.98 Å². The van der Waals surface area contributed by atoms with Crippen molar-refractivity contribution >= 4 is 39.2 Å². The number of thioether (sulfide) groups is 1. The van der Waals surface area contributed by atoms with Crippen LogP contribution in [-0.2, 0) is 24.2 Å². The van der Waals surface area contributed by atoms with Crippen molar-refractivity contribution in [2.45, 2.75) is 70.8 Å². The van der Waals surface area contributed by atoms with Crippen molar-refractivity contribution in [3.05, 3.63) is 20.8 Å². The average Bonchev–Trinajstić information content (AvgIpc) is 2.97. The van der Waals surface area contributed by atoms with E-state index in [-0.39, 0.29) is 16.7 Å². The lowest BCUT2D eigenvalue weighted by atomic mass is 9.89. The summed E-state index contributed by atoms with van der Waals surface area (Å²) in [4.78, 5) is 32.5. The van der Waals surface area contributed by atoms with Crippen LogP contribution in [0.1, 0.15) is 51.5 Å². The van der Waals surface area contributed by atoms with Crippen LogP contribution in [0.3, 0.4) is 0 Å². The Kier molecular flexibility index (Phi) is 6.31. The molecule has 0 aromatic carbocycles. The molecule has 0 bridgehead atoms. The van der Waals surface area contributed by atoms with E-state index in [0.29, 0.717) is 30.1 Å². The minimum atomic E-state index is -0.291. The van der Waals surface area contributed by atoms with Crippen molar-refractivity contribution < 1.29 is 4.79 Å². The van der Waals surface area contributed by atoms with Crippen molar-refractivity contribution in [3.63, 3.8) is 0 Å². The maximum atomic E-state index is 13.2. The first-order valence-corrected chi connectivity index (χ1v) is 11.5. The summed E-state index contributed by atoms with van der Waals surface area (Å²) in [6.07, 6.45) is 3.14. The summed E-state index contributed by atoms with van der Waals surface area (Å²) >= 11 is 3.04. The Hall–Kier alpha value is -1.34. The summed E-state index contributed by atoms with van der Waals surface area (Å²) in [5.41, 5.74) is 1.26. The predicted octanol–water partition coefficient (Wildman–Crippen LogP) is 3.86. The van der Waals surface area contributed by atoms with Gasteiger partial charge < -0.3 is 5.32 Å². The van der Waals surface area contributed by atoms with Gasteiger partial charge in [0.2, 0.25) is 5.91 Å². The van der Waals surface area contributed by atoms with E-state index < -0.39 is 0 Å². The normalized spacial score (nSPS) is 17.9. The zero-order chi connectivity index (χ0) is 19.7. The van der Waals surface area contributed by atoms with E-state index in [0.717, 1.165) is 29.5 Å². The highest BCUT2D eigenvalue weighted by Crippen LogP contribution is 2.36. The first-order valence-electron chi connectivity index (χ1n) is 9.81. The van der Waals surface area contributed by atoms with E-state index in [1.54, 1.807) is 15.9 Å². The van der Waals surface area contributed by atoms with E-state index >= 15 is 0 Å². The van der Waals surface area contributed by atoms with Gasteiger partial charge in [0, 0.05) is 18.0 Å². The van der Waals surface area contributed by atoms with Gasteiger partial charge in [0.1, 0.15) is 4.83 Å². The molecule has 7 heteroatoms. The fraction of sp³-hybridized carbons (Fsp3) is 0.650. The molecule has 2 heterocycles. The van der Waals surface area contributed by atoms with Crippen LogP contribution in [0.2, 0.25) is 0 Å². The number of hydrogen-bond acceptors (Lipinski definition) is 5. The molecule has 0 aliphatic heterocycles. The fourth-order valence-corrected chi connectivity index (χ4v) is 5.85. The highest BCUT2D eigenvalue weighted by molar-refractivity contribution is 8.00. The van der Waals surface area contributed by atoms with Crippen LogP contribution in [0, 0.1) is 11.8 Å². The highest BCUT2D eigenvalue weighted by atomic mass is 32.2. The van der Waals surface area contributed by atoms with Crippen LogP contribution in [0.4, 0.5) is 0 Å². The molecule has 1 aliphatic carbocycles. The van der Waals surface area contributed by atoms with Gasteiger partial charge >= 0.3 is 0 Å². The van der Waals surface area contributed by atoms with Gasteiger partial charge in [-0.05, 0) is 50.5 Å². The van der Waals surface area contributed by atoms with Gasteiger partial charge in [-0.1, -0.05) is 32.5 Å². The molecule has 3 rings (SSSR count). The Morgan fingerprint density at radius 3 is 2.81 bits per heavy atom. The molecule has 2 aromatic heterocycles. The van der Waals surface area contributed by atoms with E-state index in [4.69, 9.17) is 4.98 Å². The maximum Gasteiger partial charge on any atom is 0.263 e. The summed E-state index contributed by atoms with van der Waals surface area (Å²) in [6, 6.07) is 0. The maximum absolute atomic E-state index is 13.2. The minimum absolute atomic E-state index is 0.00926. The molecule has 2 atom stereocenters. The van der Waals surface area contributed by atoms with Crippen LogP contribution in [-0.4, -0.2) is 27.3 Å². The number of fused-ring (bicyclic) bond motifs is 3. The van der Waals surface area contributed by atoms with Crippen LogP contribution < -0.4 is 10.9 Å². The van der Waals surface area contributed by atoms with Gasteiger partial charge in [0.05, 0.1) is 10.6 Å².